The van der Waals surface area contributed by atoms with E-state index in [1.54, 1.807) is 24.3 Å². The first-order chi connectivity index (χ1) is 10.9. The predicted octanol–water partition coefficient (Wildman–Crippen LogP) is -0.0256. The van der Waals surface area contributed by atoms with Gasteiger partial charge in [-0.05, 0) is 24.6 Å². The minimum atomic E-state index is -3.38. The number of carbonyl (C=O) groups excluding carboxylic acids is 2. The molecule has 0 saturated carbocycles. The number of hydrogen-bond acceptors (Lipinski definition) is 4. The number of sulfonamides is 1. The summed E-state index contributed by atoms with van der Waals surface area (Å²) < 4.78 is 25.6. The second kappa shape index (κ2) is 7.56. The summed E-state index contributed by atoms with van der Waals surface area (Å²) in [6, 6.07) is 7.05. The molecule has 1 aliphatic heterocycles. The van der Waals surface area contributed by atoms with Crippen LogP contribution in [0.4, 0.5) is 0 Å². The van der Waals surface area contributed by atoms with E-state index in [0.717, 1.165) is 12.0 Å². The van der Waals surface area contributed by atoms with Crippen molar-refractivity contribution in [3.63, 3.8) is 0 Å². The van der Waals surface area contributed by atoms with Crippen molar-refractivity contribution in [1.82, 2.24) is 14.9 Å². The zero-order chi connectivity index (χ0) is 16.9. The third kappa shape index (κ3) is 5.04. The lowest BCUT2D eigenvalue weighted by molar-refractivity contribution is -0.133. The second-order valence-electron chi connectivity index (χ2n) is 5.43. The molecule has 2 amide bonds. The predicted molar refractivity (Wildman–Crippen MR) is 85.8 cm³/mol. The summed E-state index contributed by atoms with van der Waals surface area (Å²) in [5.41, 5.74) is 1.38. The van der Waals surface area contributed by atoms with Gasteiger partial charge in [-0.1, -0.05) is 24.3 Å². The molecule has 1 aromatic rings. The Balaban J connectivity index is 1.95. The number of nitrogens with one attached hydrogen (secondary N) is 2. The van der Waals surface area contributed by atoms with Crippen LogP contribution in [0.3, 0.4) is 0 Å². The van der Waals surface area contributed by atoms with E-state index in [-0.39, 0.29) is 30.7 Å². The largest absolute Gasteiger partial charge is 0.350 e. The molecule has 0 unspecified atom stereocenters. The molecular weight excluding hydrogens is 318 g/mol. The third-order valence-electron chi connectivity index (χ3n) is 3.76. The SMILES string of the molecule is CNS(=O)(=O)Cc1ccccc1CNC(=O)CN1CCCC1=O. The van der Waals surface area contributed by atoms with E-state index in [1.165, 1.54) is 11.9 Å². The van der Waals surface area contributed by atoms with Gasteiger partial charge in [0, 0.05) is 19.5 Å². The van der Waals surface area contributed by atoms with Gasteiger partial charge < -0.3 is 10.2 Å². The van der Waals surface area contributed by atoms with Crippen LogP contribution in [0.2, 0.25) is 0 Å². The number of amides is 2. The van der Waals surface area contributed by atoms with Crippen LogP contribution in [0, 0.1) is 0 Å². The Labute approximate surface area is 136 Å². The molecule has 0 spiro atoms. The van der Waals surface area contributed by atoms with Gasteiger partial charge in [-0.3, -0.25) is 9.59 Å². The van der Waals surface area contributed by atoms with E-state index < -0.39 is 10.0 Å². The van der Waals surface area contributed by atoms with E-state index in [9.17, 15) is 18.0 Å². The smallest absolute Gasteiger partial charge is 0.239 e. The van der Waals surface area contributed by atoms with Gasteiger partial charge >= 0.3 is 0 Å². The first kappa shape index (κ1) is 17.4. The van der Waals surface area contributed by atoms with Crippen LogP contribution in [0.15, 0.2) is 24.3 Å². The van der Waals surface area contributed by atoms with Gasteiger partial charge in [-0.25, -0.2) is 13.1 Å². The number of benzene rings is 1. The number of nitrogens with zero attached hydrogens (tertiary/aromatic N) is 1. The lowest BCUT2D eigenvalue weighted by Crippen LogP contribution is -2.37. The van der Waals surface area contributed by atoms with Gasteiger partial charge in [0.15, 0.2) is 0 Å². The Morgan fingerprint density at radius 2 is 1.96 bits per heavy atom. The average molecular weight is 339 g/mol. The lowest BCUT2D eigenvalue weighted by atomic mass is 10.1. The van der Waals surface area contributed by atoms with Crippen molar-refractivity contribution >= 4 is 21.8 Å². The molecule has 8 heteroatoms. The van der Waals surface area contributed by atoms with Gasteiger partial charge in [0.1, 0.15) is 0 Å². The first-order valence-corrected chi connectivity index (χ1v) is 9.09. The first-order valence-electron chi connectivity index (χ1n) is 7.44. The molecule has 0 bridgehead atoms. The van der Waals surface area contributed by atoms with Crippen molar-refractivity contribution in [2.75, 3.05) is 20.1 Å². The Morgan fingerprint density at radius 1 is 1.26 bits per heavy atom. The Hall–Kier alpha value is -1.93. The Bertz CT molecular complexity index is 688. The molecule has 126 valence electrons. The maximum absolute atomic E-state index is 11.9. The van der Waals surface area contributed by atoms with Crippen LogP contribution in [-0.4, -0.2) is 45.3 Å². The summed E-state index contributed by atoms with van der Waals surface area (Å²) in [5.74, 6) is -0.382. The highest BCUT2D eigenvalue weighted by Gasteiger charge is 2.22. The van der Waals surface area contributed by atoms with Gasteiger partial charge in [-0.15, -0.1) is 0 Å². The Kier molecular flexibility index (Phi) is 5.73. The van der Waals surface area contributed by atoms with Crippen molar-refractivity contribution in [1.29, 1.82) is 0 Å². The molecule has 1 heterocycles. The molecule has 1 aromatic carbocycles. The standard InChI is InChI=1S/C15H21N3O4S/c1-16-23(21,22)11-13-6-3-2-5-12(13)9-17-14(19)10-18-8-4-7-15(18)20/h2-3,5-6,16H,4,7-11H2,1H3,(H,17,19). The van der Waals surface area contributed by atoms with Crippen LogP contribution >= 0.6 is 0 Å². The molecular formula is C15H21N3O4S. The van der Waals surface area contributed by atoms with Gasteiger partial charge in [0.2, 0.25) is 21.8 Å². The monoisotopic (exact) mass is 339 g/mol. The molecule has 0 radical (unpaired) electrons. The molecule has 23 heavy (non-hydrogen) atoms. The van der Waals surface area contributed by atoms with Crippen LogP contribution in [0.5, 0.6) is 0 Å². The number of likely N-dealkylation sites (tertiary alicyclic amines) is 1. The summed E-state index contributed by atoms with van der Waals surface area (Å²) >= 11 is 0. The van der Waals surface area contributed by atoms with E-state index in [4.69, 9.17) is 0 Å². The van der Waals surface area contributed by atoms with Crippen molar-refractivity contribution in [2.45, 2.75) is 25.1 Å². The normalized spacial score (nSPS) is 15.0. The lowest BCUT2D eigenvalue weighted by Gasteiger charge is -2.16. The minimum Gasteiger partial charge on any atom is -0.350 e. The molecule has 1 aliphatic rings. The molecule has 1 fully saturated rings. The number of rotatable bonds is 7. The maximum Gasteiger partial charge on any atom is 0.239 e. The fourth-order valence-corrected chi connectivity index (χ4v) is 3.28. The Morgan fingerprint density at radius 3 is 2.57 bits per heavy atom. The summed E-state index contributed by atoms with van der Waals surface area (Å²) in [4.78, 5) is 25.0. The van der Waals surface area contributed by atoms with E-state index in [1.807, 2.05) is 0 Å². The van der Waals surface area contributed by atoms with E-state index in [2.05, 4.69) is 10.0 Å². The minimum absolute atomic E-state index is 0.000615. The van der Waals surface area contributed by atoms with Gasteiger partial charge in [0.05, 0.1) is 12.3 Å². The molecule has 1 saturated heterocycles. The molecule has 2 N–H and O–H groups in total. The van der Waals surface area contributed by atoms with Crippen LogP contribution < -0.4 is 10.0 Å². The van der Waals surface area contributed by atoms with E-state index >= 15 is 0 Å². The fraction of sp³-hybridized carbons (Fsp3) is 0.467. The molecule has 7 nitrogen and oxygen atoms in total. The van der Waals surface area contributed by atoms with Crippen LogP contribution in [-0.2, 0) is 31.9 Å². The second-order valence-corrected chi connectivity index (χ2v) is 7.35. The summed E-state index contributed by atoms with van der Waals surface area (Å²) in [6.07, 6.45) is 1.29. The third-order valence-corrected chi connectivity index (χ3v) is 5.07. The average Bonchev–Trinajstić information content (AvgIpc) is 2.91. The van der Waals surface area contributed by atoms with E-state index in [0.29, 0.717) is 18.5 Å². The van der Waals surface area contributed by atoms with Crippen molar-refractivity contribution in [2.24, 2.45) is 0 Å². The fourth-order valence-electron chi connectivity index (χ4n) is 2.44. The highest BCUT2D eigenvalue weighted by atomic mass is 32.2. The summed E-state index contributed by atoms with van der Waals surface area (Å²) in [6.45, 7) is 0.898. The van der Waals surface area contributed by atoms with Crippen molar-refractivity contribution < 1.29 is 18.0 Å². The van der Waals surface area contributed by atoms with Crippen LogP contribution in [0.1, 0.15) is 24.0 Å². The summed E-state index contributed by atoms with van der Waals surface area (Å²) in [5, 5.41) is 2.74. The van der Waals surface area contributed by atoms with Crippen molar-refractivity contribution in [3.8, 4) is 0 Å². The highest BCUT2D eigenvalue weighted by molar-refractivity contribution is 7.88. The zero-order valence-electron chi connectivity index (χ0n) is 13.0. The molecule has 0 atom stereocenters. The van der Waals surface area contributed by atoms with Crippen molar-refractivity contribution in [3.05, 3.63) is 35.4 Å². The number of carbonyl (C=O) groups is 2. The molecule has 0 aliphatic carbocycles. The highest BCUT2D eigenvalue weighted by Crippen LogP contribution is 2.12. The quantitative estimate of drug-likeness (QED) is 0.729. The number of hydrogen-bond donors (Lipinski definition) is 2. The summed E-state index contributed by atoms with van der Waals surface area (Å²) in [7, 11) is -2.01. The maximum atomic E-state index is 11.9. The van der Waals surface area contributed by atoms with Gasteiger partial charge in [-0.2, -0.15) is 0 Å². The van der Waals surface area contributed by atoms with Crippen LogP contribution in [0.25, 0.3) is 0 Å². The van der Waals surface area contributed by atoms with Gasteiger partial charge in [0.25, 0.3) is 0 Å². The molecule has 2 rings (SSSR count). The zero-order valence-corrected chi connectivity index (χ0v) is 13.9. The topological polar surface area (TPSA) is 95.6 Å². The molecule has 0 aromatic heterocycles.